The van der Waals surface area contributed by atoms with Crippen molar-refractivity contribution in [3.63, 3.8) is 0 Å². The molecule has 0 radical (unpaired) electrons. The number of fused-ring (bicyclic) bond motifs is 1. The first-order chi connectivity index (χ1) is 7.02. The lowest BCUT2D eigenvalue weighted by atomic mass is 9.79. The van der Waals surface area contributed by atoms with Crippen molar-refractivity contribution >= 4 is 0 Å². The number of nitrogens with zero attached hydrogens (tertiary/aromatic N) is 2. The second-order valence-corrected chi connectivity index (χ2v) is 5.09. The van der Waals surface area contributed by atoms with Crippen molar-refractivity contribution in [2.24, 2.45) is 17.8 Å². The first-order valence-electron chi connectivity index (χ1n) is 5.58. The summed E-state index contributed by atoms with van der Waals surface area (Å²) in [6.07, 6.45) is 0. The third kappa shape index (κ3) is 1.52. The average molecular weight is 210 g/mol. The van der Waals surface area contributed by atoms with Gasteiger partial charge >= 0.3 is 5.76 Å². The summed E-state index contributed by atoms with van der Waals surface area (Å²) in [6.45, 7) is 9.52. The van der Waals surface area contributed by atoms with Gasteiger partial charge in [0.25, 0.3) is 0 Å². The zero-order chi connectivity index (χ0) is 11.2. The fraction of sp³-hybridized carbons (Fsp3) is 0.818. The first kappa shape index (κ1) is 10.5. The van der Waals surface area contributed by atoms with Gasteiger partial charge in [-0.25, -0.2) is 4.79 Å². The third-order valence-corrected chi connectivity index (χ3v) is 3.44. The molecule has 4 nitrogen and oxygen atoms in total. The monoisotopic (exact) mass is 210 g/mol. The molecule has 4 heteroatoms. The Hall–Kier alpha value is -1.06. The number of rotatable bonds is 2. The molecule has 1 aromatic heterocycles. The average Bonchev–Trinajstić information content (AvgIpc) is 2.65. The van der Waals surface area contributed by atoms with E-state index in [-0.39, 0.29) is 5.76 Å². The molecule has 2 heterocycles. The van der Waals surface area contributed by atoms with Crippen molar-refractivity contribution in [1.29, 1.82) is 0 Å². The standard InChI is InChI=1S/C11H18N2O2/c1-6(2)8-5-13-10(9(8)7(3)4)12-15-11(13)14/h6-9H,5H2,1-4H3. The topological polar surface area (TPSA) is 48.0 Å². The van der Waals surface area contributed by atoms with Crippen LogP contribution in [0.25, 0.3) is 0 Å². The van der Waals surface area contributed by atoms with Gasteiger partial charge < -0.3 is 0 Å². The summed E-state index contributed by atoms with van der Waals surface area (Å²) in [5.74, 6) is 2.47. The summed E-state index contributed by atoms with van der Waals surface area (Å²) in [4.78, 5) is 11.4. The van der Waals surface area contributed by atoms with E-state index in [0.29, 0.717) is 23.7 Å². The van der Waals surface area contributed by atoms with E-state index in [1.54, 1.807) is 4.57 Å². The maximum atomic E-state index is 11.4. The van der Waals surface area contributed by atoms with E-state index in [0.717, 1.165) is 12.4 Å². The minimum absolute atomic E-state index is 0.307. The van der Waals surface area contributed by atoms with Crippen LogP contribution in [0.15, 0.2) is 9.32 Å². The molecule has 2 rings (SSSR count). The highest BCUT2D eigenvalue weighted by Crippen LogP contribution is 2.40. The second-order valence-electron chi connectivity index (χ2n) is 5.09. The Morgan fingerprint density at radius 3 is 2.53 bits per heavy atom. The van der Waals surface area contributed by atoms with E-state index in [1.807, 2.05) is 0 Å². The van der Waals surface area contributed by atoms with Gasteiger partial charge in [-0.2, -0.15) is 0 Å². The molecule has 0 amide bonds. The Labute approximate surface area is 89.3 Å². The number of hydrogen-bond acceptors (Lipinski definition) is 3. The van der Waals surface area contributed by atoms with Crippen LogP contribution in [0.5, 0.6) is 0 Å². The van der Waals surface area contributed by atoms with Crippen molar-refractivity contribution in [2.45, 2.75) is 40.2 Å². The molecular formula is C11H18N2O2. The zero-order valence-electron chi connectivity index (χ0n) is 9.73. The van der Waals surface area contributed by atoms with Crippen LogP contribution in [0.2, 0.25) is 0 Å². The molecule has 0 fully saturated rings. The van der Waals surface area contributed by atoms with Crippen molar-refractivity contribution in [3.8, 4) is 0 Å². The van der Waals surface area contributed by atoms with E-state index in [9.17, 15) is 4.79 Å². The van der Waals surface area contributed by atoms with E-state index in [4.69, 9.17) is 4.52 Å². The summed E-state index contributed by atoms with van der Waals surface area (Å²) in [5, 5.41) is 3.91. The zero-order valence-corrected chi connectivity index (χ0v) is 9.73. The Balaban J connectivity index is 2.42. The van der Waals surface area contributed by atoms with Gasteiger partial charge in [-0.05, 0) is 17.8 Å². The molecule has 84 valence electrons. The maximum Gasteiger partial charge on any atom is 0.441 e. The molecule has 0 aliphatic carbocycles. The van der Waals surface area contributed by atoms with E-state index < -0.39 is 0 Å². The van der Waals surface area contributed by atoms with Crippen LogP contribution in [0.4, 0.5) is 0 Å². The summed E-state index contributed by atoms with van der Waals surface area (Å²) in [5.41, 5.74) is 0. The Morgan fingerprint density at radius 1 is 1.33 bits per heavy atom. The Kier molecular flexibility index (Phi) is 2.44. The largest absolute Gasteiger partial charge is 0.441 e. The Bertz CT molecular complexity index is 403. The van der Waals surface area contributed by atoms with Gasteiger partial charge in [0.1, 0.15) is 0 Å². The van der Waals surface area contributed by atoms with Crippen LogP contribution in [0.1, 0.15) is 39.4 Å². The van der Waals surface area contributed by atoms with Gasteiger partial charge in [-0.15, -0.1) is 0 Å². The minimum atomic E-state index is -0.307. The molecule has 15 heavy (non-hydrogen) atoms. The molecule has 2 unspecified atom stereocenters. The van der Waals surface area contributed by atoms with Crippen LogP contribution >= 0.6 is 0 Å². The van der Waals surface area contributed by atoms with Crippen molar-refractivity contribution in [1.82, 2.24) is 9.72 Å². The molecule has 0 N–H and O–H groups in total. The van der Waals surface area contributed by atoms with Gasteiger partial charge in [-0.1, -0.05) is 32.9 Å². The molecule has 0 spiro atoms. The quantitative estimate of drug-likeness (QED) is 0.748. The van der Waals surface area contributed by atoms with E-state index in [2.05, 4.69) is 32.9 Å². The predicted molar refractivity (Wildman–Crippen MR) is 56.7 cm³/mol. The molecule has 0 aromatic carbocycles. The van der Waals surface area contributed by atoms with Crippen molar-refractivity contribution in [3.05, 3.63) is 16.4 Å². The van der Waals surface area contributed by atoms with Crippen LogP contribution in [-0.2, 0) is 6.54 Å². The SMILES string of the molecule is CC(C)C1Cn2c(noc2=O)C1C(C)C. The molecule has 0 bridgehead atoms. The van der Waals surface area contributed by atoms with Gasteiger partial charge in [0, 0.05) is 12.5 Å². The van der Waals surface area contributed by atoms with Crippen LogP contribution in [0.3, 0.4) is 0 Å². The van der Waals surface area contributed by atoms with Gasteiger partial charge in [0.2, 0.25) is 0 Å². The highest BCUT2D eigenvalue weighted by molar-refractivity contribution is 5.06. The van der Waals surface area contributed by atoms with E-state index >= 15 is 0 Å². The summed E-state index contributed by atoms with van der Waals surface area (Å²) >= 11 is 0. The smallest absolute Gasteiger partial charge is 0.296 e. The lowest BCUT2D eigenvalue weighted by Gasteiger charge is -2.24. The van der Waals surface area contributed by atoms with Crippen molar-refractivity contribution < 1.29 is 4.52 Å². The number of aromatic nitrogens is 2. The fourth-order valence-electron chi connectivity index (χ4n) is 2.62. The van der Waals surface area contributed by atoms with Gasteiger partial charge in [0.15, 0.2) is 5.82 Å². The molecule has 0 saturated carbocycles. The number of hydrogen-bond donors (Lipinski definition) is 0. The highest BCUT2D eigenvalue weighted by atomic mass is 16.5. The van der Waals surface area contributed by atoms with E-state index in [1.165, 1.54) is 0 Å². The normalized spacial score (nSPS) is 25.2. The molecule has 2 atom stereocenters. The van der Waals surface area contributed by atoms with Crippen LogP contribution < -0.4 is 5.76 Å². The highest BCUT2D eigenvalue weighted by Gasteiger charge is 2.39. The summed E-state index contributed by atoms with van der Waals surface area (Å²) in [6, 6.07) is 0. The van der Waals surface area contributed by atoms with Crippen LogP contribution in [-0.4, -0.2) is 9.72 Å². The molecule has 1 aromatic rings. The van der Waals surface area contributed by atoms with Crippen molar-refractivity contribution in [2.75, 3.05) is 0 Å². The second kappa shape index (κ2) is 3.51. The van der Waals surface area contributed by atoms with Crippen LogP contribution in [0, 0.1) is 17.8 Å². The molecule has 1 aliphatic heterocycles. The molecular weight excluding hydrogens is 192 g/mol. The minimum Gasteiger partial charge on any atom is -0.296 e. The lowest BCUT2D eigenvalue weighted by Crippen LogP contribution is -2.20. The summed E-state index contributed by atoms with van der Waals surface area (Å²) < 4.78 is 6.39. The predicted octanol–water partition coefficient (Wildman–Crippen LogP) is 1.86. The molecule has 0 saturated heterocycles. The maximum absolute atomic E-state index is 11.4. The summed E-state index contributed by atoms with van der Waals surface area (Å²) in [7, 11) is 0. The first-order valence-corrected chi connectivity index (χ1v) is 5.58. The van der Waals surface area contributed by atoms with Gasteiger partial charge in [0.05, 0.1) is 0 Å². The third-order valence-electron chi connectivity index (χ3n) is 3.44. The molecule has 1 aliphatic rings. The van der Waals surface area contributed by atoms with Gasteiger partial charge in [-0.3, -0.25) is 9.09 Å². The lowest BCUT2D eigenvalue weighted by molar-refractivity contribution is 0.253. The fourth-order valence-corrected chi connectivity index (χ4v) is 2.62. The Morgan fingerprint density at radius 2 is 2.00 bits per heavy atom.